The first-order chi connectivity index (χ1) is 12.6. The van der Waals surface area contributed by atoms with Gasteiger partial charge in [-0.2, -0.15) is 0 Å². The molecule has 0 aliphatic heterocycles. The van der Waals surface area contributed by atoms with Gasteiger partial charge in [-0.25, -0.2) is 9.78 Å². The molecule has 3 rings (SSSR count). The van der Waals surface area contributed by atoms with E-state index in [1.54, 1.807) is 5.38 Å². The number of esters is 1. The van der Waals surface area contributed by atoms with Gasteiger partial charge < -0.3 is 14.5 Å². The van der Waals surface area contributed by atoms with Crippen molar-refractivity contribution in [2.75, 3.05) is 11.9 Å². The largest absolute Gasteiger partial charge is 0.451 e. The summed E-state index contributed by atoms with van der Waals surface area (Å²) in [5.74, 6) is 0.726. The smallest absolute Gasteiger partial charge is 0.358 e. The lowest BCUT2D eigenvalue weighted by Gasteiger charge is -2.04. The number of benzene rings is 1. The molecule has 0 unspecified atom stereocenters. The molecule has 7 nitrogen and oxygen atoms in total. The van der Waals surface area contributed by atoms with Crippen LogP contribution in [0, 0.1) is 5.92 Å². The van der Waals surface area contributed by atoms with Crippen molar-refractivity contribution < 1.29 is 13.9 Å². The van der Waals surface area contributed by atoms with Gasteiger partial charge >= 0.3 is 5.97 Å². The summed E-state index contributed by atoms with van der Waals surface area (Å²) < 4.78 is 10.7. The lowest BCUT2D eigenvalue weighted by atomic mass is 10.1. The van der Waals surface area contributed by atoms with Crippen molar-refractivity contribution in [3.63, 3.8) is 0 Å². The zero-order valence-corrected chi connectivity index (χ0v) is 15.5. The number of thiazole rings is 1. The number of nitrogens with one attached hydrogen (secondary N) is 1. The van der Waals surface area contributed by atoms with Gasteiger partial charge in [-0.3, -0.25) is 0 Å². The Morgan fingerprint density at radius 3 is 2.85 bits per heavy atom. The Kier molecular flexibility index (Phi) is 5.96. The van der Waals surface area contributed by atoms with E-state index in [0.717, 1.165) is 18.5 Å². The molecule has 0 spiro atoms. The third-order valence-corrected chi connectivity index (χ3v) is 4.33. The molecule has 0 atom stereocenters. The molecule has 0 aliphatic carbocycles. The molecule has 0 bridgehead atoms. The van der Waals surface area contributed by atoms with Crippen molar-refractivity contribution in [2.24, 2.45) is 5.92 Å². The van der Waals surface area contributed by atoms with Crippen LogP contribution in [0.1, 0.15) is 36.6 Å². The van der Waals surface area contributed by atoms with Crippen molar-refractivity contribution in [2.45, 2.75) is 26.9 Å². The van der Waals surface area contributed by atoms with Crippen LogP contribution in [0.15, 0.2) is 40.1 Å². The van der Waals surface area contributed by atoms with Gasteiger partial charge in [0.25, 0.3) is 5.89 Å². The number of carbonyl (C=O) groups excluding carboxylic acids is 1. The van der Waals surface area contributed by atoms with E-state index in [-0.39, 0.29) is 18.2 Å². The summed E-state index contributed by atoms with van der Waals surface area (Å²) in [4.78, 5) is 16.3. The molecule has 136 valence electrons. The van der Waals surface area contributed by atoms with Crippen LogP contribution >= 0.6 is 11.3 Å². The Labute approximate surface area is 155 Å². The molecule has 26 heavy (non-hydrogen) atoms. The second kappa shape index (κ2) is 8.57. The van der Waals surface area contributed by atoms with Crippen LogP contribution in [0.5, 0.6) is 0 Å². The van der Waals surface area contributed by atoms with Crippen LogP contribution < -0.4 is 5.32 Å². The Bertz CT molecular complexity index is 845. The van der Waals surface area contributed by atoms with Crippen LogP contribution in [-0.2, 0) is 11.3 Å². The van der Waals surface area contributed by atoms with E-state index >= 15 is 0 Å². The average molecular weight is 372 g/mol. The zero-order chi connectivity index (χ0) is 18.4. The summed E-state index contributed by atoms with van der Waals surface area (Å²) in [6.45, 7) is 5.05. The van der Waals surface area contributed by atoms with E-state index in [4.69, 9.17) is 9.15 Å². The van der Waals surface area contributed by atoms with Crippen molar-refractivity contribution in [3.8, 4) is 11.5 Å². The minimum absolute atomic E-state index is 0.0910. The SMILES string of the molecule is CC(C)CCNc1nc(C(=O)OCc2nnc(-c3ccccc3)o2)cs1. The predicted molar refractivity (Wildman–Crippen MR) is 98.9 cm³/mol. The number of rotatable bonds is 8. The maximum atomic E-state index is 12.1. The minimum atomic E-state index is -0.516. The lowest BCUT2D eigenvalue weighted by Crippen LogP contribution is -2.07. The fourth-order valence-corrected chi connectivity index (χ4v) is 2.84. The second-order valence-corrected chi connectivity index (χ2v) is 6.95. The Morgan fingerprint density at radius 2 is 2.08 bits per heavy atom. The maximum absolute atomic E-state index is 12.1. The standard InChI is InChI=1S/C18H20N4O3S/c1-12(2)8-9-19-18-20-14(11-26-18)17(23)24-10-15-21-22-16(25-15)13-6-4-3-5-7-13/h3-7,11-12H,8-10H2,1-2H3,(H,19,20). The zero-order valence-electron chi connectivity index (χ0n) is 14.6. The van der Waals surface area contributed by atoms with Crippen LogP contribution in [0.25, 0.3) is 11.5 Å². The molecule has 3 aromatic rings. The second-order valence-electron chi connectivity index (χ2n) is 6.09. The van der Waals surface area contributed by atoms with Gasteiger partial charge in [0.2, 0.25) is 5.89 Å². The summed E-state index contributed by atoms with van der Waals surface area (Å²) in [6, 6.07) is 9.41. The Morgan fingerprint density at radius 1 is 1.27 bits per heavy atom. The van der Waals surface area contributed by atoms with Gasteiger partial charge in [0, 0.05) is 17.5 Å². The number of anilines is 1. The van der Waals surface area contributed by atoms with Crippen molar-refractivity contribution in [1.82, 2.24) is 15.2 Å². The van der Waals surface area contributed by atoms with Gasteiger partial charge in [-0.15, -0.1) is 21.5 Å². The lowest BCUT2D eigenvalue weighted by molar-refractivity contribution is 0.0433. The third kappa shape index (κ3) is 4.89. The van der Waals surface area contributed by atoms with E-state index < -0.39 is 5.97 Å². The molecule has 8 heteroatoms. The molecule has 2 aromatic heterocycles. The van der Waals surface area contributed by atoms with Gasteiger partial charge in [-0.1, -0.05) is 32.0 Å². The van der Waals surface area contributed by atoms with Crippen molar-refractivity contribution in [1.29, 1.82) is 0 Å². The number of nitrogens with zero attached hydrogens (tertiary/aromatic N) is 3. The van der Waals surface area contributed by atoms with Gasteiger partial charge in [0.05, 0.1) is 0 Å². The Balaban J connectivity index is 1.51. The van der Waals surface area contributed by atoms with E-state index in [9.17, 15) is 4.79 Å². The predicted octanol–water partition coefficient (Wildman–Crippen LogP) is 4.01. The Hall–Kier alpha value is -2.74. The van der Waals surface area contributed by atoms with E-state index in [2.05, 4.69) is 34.3 Å². The molecule has 0 saturated carbocycles. The highest BCUT2D eigenvalue weighted by Gasteiger charge is 2.15. The van der Waals surface area contributed by atoms with Gasteiger partial charge in [0.15, 0.2) is 17.4 Å². The first-order valence-corrected chi connectivity index (χ1v) is 9.24. The minimum Gasteiger partial charge on any atom is -0.451 e. The molecule has 0 amide bonds. The number of hydrogen-bond donors (Lipinski definition) is 1. The summed E-state index contributed by atoms with van der Waals surface area (Å²) in [5, 5.41) is 13.4. The van der Waals surface area contributed by atoms with Crippen molar-refractivity contribution in [3.05, 3.63) is 47.3 Å². The quantitative estimate of drug-likeness (QED) is 0.597. The molecule has 0 fully saturated rings. The third-order valence-electron chi connectivity index (χ3n) is 3.53. The van der Waals surface area contributed by atoms with Crippen LogP contribution in [-0.4, -0.2) is 27.7 Å². The van der Waals surface area contributed by atoms with Crippen LogP contribution in [0.2, 0.25) is 0 Å². The van der Waals surface area contributed by atoms with Crippen molar-refractivity contribution >= 4 is 22.4 Å². The maximum Gasteiger partial charge on any atom is 0.358 e. The molecule has 1 aromatic carbocycles. The molecular formula is C18H20N4O3S. The normalized spacial score (nSPS) is 10.9. The topological polar surface area (TPSA) is 90.1 Å². The highest BCUT2D eigenvalue weighted by molar-refractivity contribution is 7.13. The van der Waals surface area contributed by atoms with Crippen LogP contribution in [0.4, 0.5) is 5.13 Å². The first kappa shape index (κ1) is 18.1. The number of aromatic nitrogens is 3. The number of carbonyl (C=O) groups is 1. The summed E-state index contributed by atoms with van der Waals surface area (Å²) in [5.41, 5.74) is 1.08. The first-order valence-electron chi connectivity index (χ1n) is 8.36. The number of ether oxygens (including phenoxy) is 1. The fraction of sp³-hybridized carbons (Fsp3) is 0.333. The highest BCUT2D eigenvalue weighted by atomic mass is 32.1. The molecule has 1 N–H and O–H groups in total. The highest BCUT2D eigenvalue weighted by Crippen LogP contribution is 2.19. The van der Waals surface area contributed by atoms with E-state index in [1.165, 1.54) is 11.3 Å². The molecule has 0 radical (unpaired) electrons. The molecule has 0 aliphatic rings. The van der Waals surface area contributed by atoms with E-state index in [1.807, 2.05) is 30.3 Å². The number of hydrogen-bond acceptors (Lipinski definition) is 8. The summed E-state index contributed by atoms with van der Waals surface area (Å²) in [7, 11) is 0. The molecule has 2 heterocycles. The molecular weight excluding hydrogens is 352 g/mol. The average Bonchev–Trinajstić information content (AvgIpc) is 3.30. The van der Waals surface area contributed by atoms with Crippen LogP contribution in [0.3, 0.4) is 0 Å². The van der Waals surface area contributed by atoms with Gasteiger partial charge in [-0.05, 0) is 24.5 Å². The molecule has 0 saturated heterocycles. The monoisotopic (exact) mass is 372 g/mol. The fourth-order valence-electron chi connectivity index (χ4n) is 2.13. The van der Waals surface area contributed by atoms with Gasteiger partial charge in [0.1, 0.15) is 0 Å². The van der Waals surface area contributed by atoms with E-state index in [0.29, 0.717) is 16.9 Å². The summed E-state index contributed by atoms with van der Waals surface area (Å²) >= 11 is 1.38. The summed E-state index contributed by atoms with van der Waals surface area (Å²) in [6.07, 6.45) is 1.04.